The van der Waals surface area contributed by atoms with Crippen molar-refractivity contribution in [3.8, 4) is 0 Å². The maximum atomic E-state index is 12.8. The van der Waals surface area contributed by atoms with Crippen molar-refractivity contribution in [3.05, 3.63) is 29.3 Å². The van der Waals surface area contributed by atoms with Crippen LogP contribution in [-0.4, -0.2) is 38.0 Å². The summed E-state index contributed by atoms with van der Waals surface area (Å²) in [4.78, 5) is 0.321. The van der Waals surface area contributed by atoms with Crippen molar-refractivity contribution in [1.82, 2.24) is 4.31 Å². The number of morpholine rings is 1. The van der Waals surface area contributed by atoms with Crippen LogP contribution in [0.2, 0.25) is 0 Å². The highest BCUT2D eigenvalue weighted by molar-refractivity contribution is 7.89. The summed E-state index contributed by atoms with van der Waals surface area (Å²) in [6, 6.07) is 5.12. The summed E-state index contributed by atoms with van der Waals surface area (Å²) in [6.07, 6.45) is 0. The molecule has 1 fully saturated rings. The summed E-state index contributed by atoms with van der Waals surface area (Å²) in [5, 5.41) is 0. The number of hydrogen-bond acceptors (Lipinski definition) is 4. The Kier molecular flexibility index (Phi) is 4.20. The molecule has 1 aromatic carbocycles. The highest BCUT2D eigenvalue weighted by Crippen LogP contribution is 2.28. The predicted octanol–water partition coefficient (Wildman–Crippen LogP) is 1.25. The monoisotopic (exact) mass is 298 g/mol. The summed E-state index contributed by atoms with van der Waals surface area (Å²) in [5.74, 6) is 0. The zero-order valence-corrected chi connectivity index (χ0v) is 13.0. The minimum Gasteiger partial charge on any atom is -0.378 e. The lowest BCUT2D eigenvalue weighted by Crippen LogP contribution is -2.55. The third kappa shape index (κ3) is 2.74. The number of nitrogens with zero attached hydrogens (tertiary/aromatic N) is 1. The van der Waals surface area contributed by atoms with Crippen molar-refractivity contribution in [3.63, 3.8) is 0 Å². The van der Waals surface area contributed by atoms with E-state index < -0.39 is 15.6 Å². The molecule has 0 aliphatic carbocycles. The first-order valence-corrected chi connectivity index (χ1v) is 8.13. The second kappa shape index (κ2) is 5.44. The van der Waals surface area contributed by atoms with E-state index in [0.717, 1.165) is 11.1 Å². The topological polar surface area (TPSA) is 72.6 Å². The second-order valence-corrected chi connectivity index (χ2v) is 7.60. The Balaban J connectivity index is 2.42. The van der Waals surface area contributed by atoms with E-state index in [9.17, 15) is 8.42 Å². The van der Waals surface area contributed by atoms with Gasteiger partial charge in [0.1, 0.15) is 0 Å². The Labute approximate surface area is 120 Å². The van der Waals surface area contributed by atoms with Gasteiger partial charge in [0.25, 0.3) is 0 Å². The van der Waals surface area contributed by atoms with E-state index in [4.69, 9.17) is 10.5 Å². The van der Waals surface area contributed by atoms with Crippen LogP contribution in [0.4, 0.5) is 0 Å². The zero-order valence-electron chi connectivity index (χ0n) is 12.2. The van der Waals surface area contributed by atoms with Crippen LogP contribution in [0.15, 0.2) is 23.1 Å². The summed E-state index contributed by atoms with van der Waals surface area (Å²) >= 11 is 0. The Morgan fingerprint density at radius 1 is 1.40 bits per heavy atom. The van der Waals surface area contributed by atoms with E-state index in [0.29, 0.717) is 31.2 Å². The summed E-state index contributed by atoms with van der Waals surface area (Å²) in [6.45, 7) is 7.28. The highest BCUT2D eigenvalue weighted by atomic mass is 32.2. The number of hydrogen-bond donors (Lipinski definition) is 1. The molecule has 2 N–H and O–H groups in total. The maximum Gasteiger partial charge on any atom is 0.243 e. The van der Waals surface area contributed by atoms with E-state index in [2.05, 4.69) is 0 Å². The minimum absolute atomic E-state index is 0.321. The standard InChI is InChI=1S/C14H22N2O3S/c1-11-8-13(5-4-12(11)9-15)20(17,18)16-6-7-19-10-14(16,2)3/h4-5,8H,6-7,9-10,15H2,1-3H3. The van der Waals surface area contributed by atoms with E-state index in [-0.39, 0.29) is 0 Å². The maximum absolute atomic E-state index is 12.8. The van der Waals surface area contributed by atoms with Gasteiger partial charge in [-0.1, -0.05) is 6.07 Å². The third-order valence-corrected chi connectivity index (χ3v) is 5.80. The van der Waals surface area contributed by atoms with Crippen molar-refractivity contribution in [2.45, 2.75) is 37.8 Å². The van der Waals surface area contributed by atoms with E-state index in [1.807, 2.05) is 20.8 Å². The summed E-state index contributed by atoms with van der Waals surface area (Å²) in [7, 11) is -3.50. The fourth-order valence-corrected chi connectivity index (χ4v) is 4.31. The van der Waals surface area contributed by atoms with Crippen molar-refractivity contribution >= 4 is 10.0 Å². The summed E-state index contributed by atoms with van der Waals surface area (Å²) < 4.78 is 32.5. The molecule has 5 nitrogen and oxygen atoms in total. The Morgan fingerprint density at radius 3 is 2.65 bits per heavy atom. The minimum atomic E-state index is -3.50. The molecule has 1 aliphatic rings. The summed E-state index contributed by atoms with van der Waals surface area (Å²) in [5.41, 5.74) is 6.95. The first kappa shape index (κ1) is 15.4. The SMILES string of the molecule is Cc1cc(S(=O)(=O)N2CCOCC2(C)C)ccc1CN. The van der Waals surface area contributed by atoms with Gasteiger partial charge in [-0.05, 0) is 44.0 Å². The Hall–Kier alpha value is -0.950. The van der Waals surface area contributed by atoms with Crippen molar-refractivity contribution in [2.75, 3.05) is 19.8 Å². The van der Waals surface area contributed by atoms with Crippen molar-refractivity contribution in [1.29, 1.82) is 0 Å². The van der Waals surface area contributed by atoms with Gasteiger partial charge in [0.2, 0.25) is 10.0 Å². The van der Waals surface area contributed by atoms with Crippen LogP contribution in [0, 0.1) is 6.92 Å². The molecule has 1 heterocycles. The van der Waals surface area contributed by atoms with Gasteiger partial charge in [-0.3, -0.25) is 0 Å². The van der Waals surface area contributed by atoms with E-state index in [1.165, 1.54) is 4.31 Å². The molecule has 0 unspecified atom stereocenters. The van der Waals surface area contributed by atoms with Crippen LogP contribution >= 0.6 is 0 Å². The van der Waals surface area contributed by atoms with Crippen LogP contribution in [0.25, 0.3) is 0 Å². The largest absolute Gasteiger partial charge is 0.378 e. The molecule has 0 aromatic heterocycles. The Bertz CT molecular complexity index is 596. The molecular formula is C14H22N2O3S. The van der Waals surface area contributed by atoms with Crippen molar-refractivity contribution < 1.29 is 13.2 Å². The average molecular weight is 298 g/mol. The fraction of sp³-hybridized carbons (Fsp3) is 0.571. The normalized spacial score (nSPS) is 20.0. The number of rotatable bonds is 3. The van der Waals surface area contributed by atoms with Gasteiger partial charge < -0.3 is 10.5 Å². The molecule has 0 amide bonds. The smallest absolute Gasteiger partial charge is 0.243 e. The Morgan fingerprint density at radius 2 is 2.10 bits per heavy atom. The molecule has 0 spiro atoms. The van der Waals surface area contributed by atoms with Gasteiger partial charge in [-0.25, -0.2) is 8.42 Å². The molecule has 6 heteroatoms. The van der Waals surface area contributed by atoms with E-state index in [1.54, 1.807) is 18.2 Å². The van der Waals surface area contributed by atoms with Gasteiger partial charge in [0.15, 0.2) is 0 Å². The molecule has 0 atom stereocenters. The van der Waals surface area contributed by atoms with E-state index >= 15 is 0 Å². The van der Waals surface area contributed by atoms with Crippen LogP contribution in [-0.2, 0) is 21.3 Å². The number of benzene rings is 1. The molecule has 1 aliphatic heterocycles. The number of aryl methyl sites for hydroxylation is 1. The van der Waals surface area contributed by atoms with Crippen LogP contribution < -0.4 is 5.73 Å². The molecule has 1 saturated heterocycles. The van der Waals surface area contributed by atoms with Gasteiger partial charge in [0.05, 0.1) is 23.6 Å². The highest BCUT2D eigenvalue weighted by Gasteiger charge is 2.39. The van der Waals surface area contributed by atoms with Crippen LogP contribution in [0.3, 0.4) is 0 Å². The zero-order chi connectivity index (χ0) is 15.0. The van der Waals surface area contributed by atoms with Crippen molar-refractivity contribution in [2.24, 2.45) is 5.73 Å². The quantitative estimate of drug-likeness (QED) is 0.911. The average Bonchev–Trinajstić information content (AvgIpc) is 2.37. The molecule has 20 heavy (non-hydrogen) atoms. The number of ether oxygens (including phenoxy) is 1. The lowest BCUT2D eigenvalue weighted by Gasteiger charge is -2.40. The lowest BCUT2D eigenvalue weighted by atomic mass is 10.1. The molecule has 1 aromatic rings. The van der Waals surface area contributed by atoms with Crippen LogP contribution in [0.5, 0.6) is 0 Å². The van der Waals surface area contributed by atoms with Gasteiger partial charge in [-0.2, -0.15) is 4.31 Å². The van der Waals surface area contributed by atoms with Gasteiger partial charge in [-0.15, -0.1) is 0 Å². The second-order valence-electron chi connectivity index (χ2n) is 5.73. The fourth-order valence-electron chi connectivity index (χ4n) is 2.47. The van der Waals surface area contributed by atoms with Gasteiger partial charge in [0, 0.05) is 13.1 Å². The molecule has 0 saturated carbocycles. The number of sulfonamides is 1. The lowest BCUT2D eigenvalue weighted by molar-refractivity contribution is -0.00771. The molecule has 0 bridgehead atoms. The first-order chi connectivity index (χ1) is 9.29. The number of nitrogens with two attached hydrogens (primary N) is 1. The molecule has 112 valence electrons. The molecule has 0 radical (unpaired) electrons. The molecular weight excluding hydrogens is 276 g/mol. The third-order valence-electron chi connectivity index (χ3n) is 3.69. The van der Waals surface area contributed by atoms with Crippen LogP contribution in [0.1, 0.15) is 25.0 Å². The van der Waals surface area contributed by atoms with Gasteiger partial charge >= 0.3 is 0 Å². The predicted molar refractivity (Wildman–Crippen MR) is 77.9 cm³/mol. The first-order valence-electron chi connectivity index (χ1n) is 6.69. The molecule has 2 rings (SSSR count).